The third-order valence-corrected chi connectivity index (χ3v) is 5.04. The highest BCUT2D eigenvalue weighted by Gasteiger charge is 2.40. The number of amides is 1. The van der Waals surface area contributed by atoms with Gasteiger partial charge in [-0.3, -0.25) is 4.79 Å². The Balaban J connectivity index is 0.00000136. The molecular weight excluding hydrogens is 373 g/mol. The van der Waals surface area contributed by atoms with E-state index in [1.807, 2.05) is 45.0 Å². The molecule has 0 bridgehead atoms. The molecule has 28 heavy (non-hydrogen) atoms. The summed E-state index contributed by atoms with van der Waals surface area (Å²) < 4.78 is 13.4. The molecule has 6 heteroatoms. The third kappa shape index (κ3) is 5.03. The molecule has 1 amide bonds. The zero-order valence-electron chi connectivity index (χ0n) is 16.6. The second kappa shape index (κ2) is 9.57. The minimum atomic E-state index is -1.27. The molecule has 2 aromatic carbocycles. The van der Waals surface area contributed by atoms with Gasteiger partial charge in [-0.2, -0.15) is 0 Å². The van der Waals surface area contributed by atoms with E-state index in [1.54, 1.807) is 30.6 Å². The maximum Gasteiger partial charge on any atom is 0.246 e. The second-order valence-corrected chi connectivity index (χ2v) is 7.36. The van der Waals surface area contributed by atoms with Crippen molar-refractivity contribution in [2.75, 3.05) is 5.32 Å². The van der Waals surface area contributed by atoms with E-state index in [0.29, 0.717) is 5.13 Å². The van der Waals surface area contributed by atoms with Crippen LogP contribution in [0.1, 0.15) is 43.4 Å². The Labute approximate surface area is 169 Å². The number of anilines is 1. The van der Waals surface area contributed by atoms with Gasteiger partial charge in [0.15, 0.2) is 5.13 Å². The predicted molar refractivity (Wildman–Crippen MR) is 114 cm³/mol. The van der Waals surface area contributed by atoms with Crippen molar-refractivity contribution in [2.45, 2.75) is 39.2 Å². The molecule has 3 N–H and O–H groups in total. The number of hydrogen-bond donors (Lipinski definition) is 2. The number of carbonyl (C=O) groups is 1. The summed E-state index contributed by atoms with van der Waals surface area (Å²) in [6, 6.07) is 13.9. The van der Waals surface area contributed by atoms with Crippen LogP contribution >= 0.6 is 11.3 Å². The molecule has 0 aliphatic heterocycles. The van der Waals surface area contributed by atoms with E-state index in [1.165, 1.54) is 23.5 Å². The van der Waals surface area contributed by atoms with Crippen molar-refractivity contribution in [3.05, 3.63) is 82.6 Å². The lowest BCUT2D eigenvalue weighted by atomic mass is 9.76. The van der Waals surface area contributed by atoms with Gasteiger partial charge in [0.25, 0.3) is 0 Å². The lowest BCUT2D eigenvalue weighted by molar-refractivity contribution is -0.121. The molecule has 0 radical (unpaired) electrons. The van der Waals surface area contributed by atoms with Gasteiger partial charge in [-0.1, -0.05) is 55.8 Å². The number of nitrogens with one attached hydrogen (secondary N) is 1. The van der Waals surface area contributed by atoms with Gasteiger partial charge in [-0.05, 0) is 37.1 Å². The van der Waals surface area contributed by atoms with Gasteiger partial charge >= 0.3 is 0 Å². The van der Waals surface area contributed by atoms with Gasteiger partial charge < -0.3 is 11.1 Å². The van der Waals surface area contributed by atoms with Crippen LogP contribution in [0.5, 0.6) is 0 Å². The van der Waals surface area contributed by atoms with Crippen molar-refractivity contribution < 1.29 is 9.18 Å². The lowest BCUT2D eigenvalue weighted by Crippen LogP contribution is -2.53. The highest BCUT2D eigenvalue weighted by Crippen LogP contribution is 2.35. The summed E-state index contributed by atoms with van der Waals surface area (Å²) in [6.07, 6.45) is 1.62. The first-order valence-corrected chi connectivity index (χ1v) is 10.1. The molecule has 0 aliphatic rings. The minimum Gasteiger partial charge on any atom is -0.317 e. The fourth-order valence-corrected chi connectivity index (χ4v) is 3.47. The summed E-state index contributed by atoms with van der Waals surface area (Å²) in [5.74, 6) is -1.12. The van der Waals surface area contributed by atoms with E-state index in [0.717, 1.165) is 16.7 Å². The number of benzene rings is 2. The summed E-state index contributed by atoms with van der Waals surface area (Å²) in [5.41, 5.74) is 8.04. The van der Waals surface area contributed by atoms with E-state index in [-0.39, 0.29) is 11.7 Å². The molecule has 0 fully saturated rings. The molecule has 0 aliphatic carbocycles. The van der Waals surface area contributed by atoms with Crippen LogP contribution < -0.4 is 11.1 Å². The monoisotopic (exact) mass is 399 g/mol. The largest absolute Gasteiger partial charge is 0.317 e. The van der Waals surface area contributed by atoms with Crippen LogP contribution in [0.2, 0.25) is 0 Å². The average Bonchev–Trinajstić information content (AvgIpc) is 3.19. The Morgan fingerprint density at radius 2 is 1.64 bits per heavy atom. The maximum absolute atomic E-state index is 13.4. The van der Waals surface area contributed by atoms with E-state index in [4.69, 9.17) is 5.73 Å². The SMILES string of the molecule is CC.Cc1ccc(C(c2ccc(F)cc2)C(C)(N)C(=O)Nc2nccs2)cc1. The topological polar surface area (TPSA) is 68.0 Å². The molecule has 0 saturated heterocycles. The highest BCUT2D eigenvalue weighted by molar-refractivity contribution is 7.13. The Bertz CT molecular complexity index is 830. The Morgan fingerprint density at radius 1 is 1.11 bits per heavy atom. The number of halogens is 1. The van der Waals surface area contributed by atoms with E-state index in [2.05, 4.69) is 10.3 Å². The van der Waals surface area contributed by atoms with Gasteiger partial charge in [0.05, 0.1) is 0 Å². The number of rotatable bonds is 5. The first-order valence-electron chi connectivity index (χ1n) is 9.20. The van der Waals surface area contributed by atoms with Crippen molar-refractivity contribution in [3.63, 3.8) is 0 Å². The normalized spacial score (nSPS) is 13.6. The standard InChI is InChI=1S/C20H20FN3OS.C2H6/c1-13-3-5-14(6-4-13)17(15-7-9-16(21)10-8-15)20(2,22)18(25)24-19-23-11-12-26-19;1-2/h3-12,17H,22H2,1-2H3,(H,23,24,25);1-2H3. The molecular formula is C22H26FN3OS. The van der Waals surface area contributed by atoms with Crippen LogP contribution in [-0.2, 0) is 4.79 Å². The molecule has 3 rings (SSSR count). The van der Waals surface area contributed by atoms with Crippen LogP contribution in [-0.4, -0.2) is 16.4 Å². The number of nitrogens with zero attached hydrogens (tertiary/aromatic N) is 1. The van der Waals surface area contributed by atoms with Crippen LogP contribution in [0.15, 0.2) is 60.1 Å². The van der Waals surface area contributed by atoms with Gasteiger partial charge in [-0.15, -0.1) is 11.3 Å². The van der Waals surface area contributed by atoms with E-state index in [9.17, 15) is 9.18 Å². The lowest BCUT2D eigenvalue weighted by Gasteiger charge is -2.33. The van der Waals surface area contributed by atoms with Crippen molar-refractivity contribution in [2.24, 2.45) is 5.73 Å². The maximum atomic E-state index is 13.4. The Morgan fingerprint density at radius 3 is 2.14 bits per heavy atom. The number of hydrogen-bond acceptors (Lipinski definition) is 4. The third-order valence-electron chi connectivity index (χ3n) is 4.36. The Kier molecular flexibility index (Phi) is 7.43. The summed E-state index contributed by atoms with van der Waals surface area (Å²) in [7, 11) is 0. The van der Waals surface area contributed by atoms with Crippen LogP contribution in [0.3, 0.4) is 0 Å². The fourth-order valence-electron chi connectivity index (χ4n) is 2.95. The Hall–Kier alpha value is -2.57. The van der Waals surface area contributed by atoms with Gasteiger partial charge in [0.2, 0.25) is 5.91 Å². The minimum absolute atomic E-state index is 0.331. The van der Waals surface area contributed by atoms with Gasteiger partial charge in [-0.25, -0.2) is 9.37 Å². The molecule has 4 nitrogen and oxygen atoms in total. The van der Waals surface area contributed by atoms with Gasteiger partial charge in [0.1, 0.15) is 11.4 Å². The molecule has 1 aromatic heterocycles. The molecule has 1 heterocycles. The second-order valence-electron chi connectivity index (χ2n) is 6.47. The molecule has 2 atom stereocenters. The van der Waals surface area contributed by atoms with Crippen molar-refractivity contribution in [1.29, 1.82) is 0 Å². The summed E-state index contributed by atoms with van der Waals surface area (Å²) in [5, 5.41) is 5.05. The van der Waals surface area contributed by atoms with Crippen LogP contribution in [0, 0.1) is 12.7 Å². The molecule has 148 valence electrons. The predicted octanol–water partition coefficient (Wildman–Crippen LogP) is 5.10. The summed E-state index contributed by atoms with van der Waals surface area (Å²) >= 11 is 1.33. The molecule has 0 spiro atoms. The molecule has 3 aromatic rings. The van der Waals surface area contributed by atoms with E-state index >= 15 is 0 Å². The number of aromatic nitrogens is 1. The smallest absolute Gasteiger partial charge is 0.246 e. The summed E-state index contributed by atoms with van der Waals surface area (Å²) in [6.45, 7) is 7.68. The zero-order valence-corrected chi connectivity index (χ0v) is 17.4. The van der Waals surface area contributed by atoms with Crippen LogP contribution in [0.4, 0.5) is 9.52 Å². The number of thiazole rings is 1. The number of carbonyl (C=O) groups excluding carboxylic acids is 1. The van der Waals surface area contributed by atoms with Crippen molar-refractivity contribution in [1.82, 2.24) is 4.98 Å². The van der Waals surface area contributed by atoms with Crippen molar-refractivity contribution in [3.8, 4) is 0 Å². The van der Waals surface area contributed by atoms with E-state index < -0.39 is 11.5 Å². The highest BCUT2D eigenvalue weighted by atomic mass is 32.1. The first-order chi connectivity index (χ1) is 13.4. The average molecular weight is 400 g/mol. The summed E-state index contributed by atoms with van der Waals surface area (Å²) in [4.78, 5) is 17.0. The molecule has 0 saturated carbocycles. The fraction of sp³-hybridized carbons (Fsp3) is 0.273. The molecule has 2 unspecified atom stereocenters. The van der Waals surface area contributed by atoms with Crippen molar-refractivity contribution >= 4 is 22.4 Å². The van der Waals surface area contributed by atoms with Crippen LogP contribution in [0.25, 0.3) is 0 Å². The first kappa shape index (κ1) is 21.7. The quantitative estimate of drug-likeness (QED) is 0.627. The number of aryl methyl sites for hydroxylation is 1. The number of nitrogens with two attached hydrogens (primary N) is 1. The zero-order chi connectivity index (χ0) is 20.7. The van der Waals surface area contributed by atoms with Gasteiger partial charge in [0, 0.05) is 17.5 Å².